The molecule has 2 aromatic rings. The first kappa shape index (κ1) is 16.0. The van der Waals surface area contributed by atoms with Gasteiger partial charge >= 0.3 is 0 Å². The molecule has 0 amide bonds. The number of para-hydroxylation sites is 1. The quantitative estimate of drug-likeness (QED) is 0.650. The zero-order chi connectivity index (χ0) is 14.6. The number of rotatable bonds is 0. The lowest BCUT2D eigenvalue weighted by Gasteiger charge is -1.98. The standard InChI is InChI=1S/C6H4BrClFN.C6H5ClFN/c7-3-1-4(8)6(10)5(9)2-3;7-4-2-1-3-5(8)6(4)9/h1-2H,10H2;1-3H,9H2. The minimum absolute atomic E-state index is 0.00938. The molecule has 4 N–H and O–H groups in total. The van der Waals surface area contributed by atoms with Crippen LogP contribution in [-0.4, -0.2) is 0 Å². The van der Waals surface area contributed by atoms with Gasteiger partial charge in [0.05, 0.1) is 21.4 Å². The molecule has 0 fully saturated rings. The van der Waals surface area contributed by atoms with Gasteiger partial charge in [0.25, 0.3) is 0 Å². The molecule has 0 aliphatic carbocycles. The molecule has 0 heterocycles. The van der Waals surface area contributed by atoms with Crippen LogP contribution in [0.3, 0.4) is 0 Å². The Morgan fingerprint density at radius 3 is 1.95 bits per heavy atom. The summed E-state index contributed by atoms with van der Waals surface area (Å²) in [6.07, 6.45) is 0. The van der Waals surface area contributed by atoms with Crippen LogP contribution in [0.25, 0.3) is 0 Å². The number of hydrogen-bond acceptors (Lipinski definition) is 2. The Morgan fingerprint density at radius 1 is 0.895 bits per heavy atom. The molecule has 0 spiro atoms. The zero-order valence-corrected chi connectivity index (χ0v) is 12.5. The lowest BCUT2D eigenvalue weighted by Crippen LogP contribution is -1.90. The van der Waals surface area contributed by atoms with Crippen LogP contribution in [-0.2, 0) is 0 Å². The first-order chi connectivity index (χ1) is 8.82. The van der Waals surface area contributed by atoms with Crippen LogP contribution < -0.4 is 11.5 Å². The molecule has 19 heavy (non-hydrogen) atoms. The van der Waals surface area contributed by atoms with Crippen molar-refractivity contribution in [2.45, 2.75) is 0 Å². The molecule has 0 unspecified atom stereocenters. The minimum atomic E-state index is -0.501. The van der Waals surface area contributed by atoms with Crippen LogP contribution in [0, 0.1) is 11.6 Å². The van der Waals surface area contributed by atoms with E-state index in [9.17, 15) is 8.78 Å². The second kappa shape index (κ2) is 6.93. The van der Waals surface area contributed by atoms with Gasteiger partial charge in [0.15, 0.2) is 0 Å². The van der Waals surface area contributed by atoms with Crippen molar-refractivity contribution in [3.05, 3.63) is 56.5 Å². The van der Waals surface area contributed by atoms with Crippen LogP contribution >= 0.6 is 39.1 Å². The van der Waals surface area contributed by atoms with Crippen molar-refractivity contribution in [2.24, 2.45) is 0 Å². The molecular formula is C12H9BrCl2F2N2. The van der Waals surface area contributed by atoms with Crippen molar-refractivity contribution >= 4 is 50.5 Å². The fraction of sp³-hybridized carbons (Fsp3) is 0. The number of nitrogens with two attached hydrogens (primary N) is 2. The molecule has 0 radical (unpaired) electrons. The molecule has 2 rings (SSSR count). The van der Waals surface area contributed by atoms with Gasteiger partial charge in [-0.05, 0) is 24.3 Å². The number of nitrogen functional groups attached to an aromatic ring is 2. The van der Waals surface area contributed by atoms with Crippen molar-refractivity contribution in [3.8, 4) is 0 Å². The number of anilines is 2. The van der Waals surface area contributed by atoms with E-state index < -0.39 is 11.6 Å². The van der Waals surface area contributed by atoms with Gasteiger partial charge in [-0.25, -0.2) is 8.78 Å². The van der Waals surface area contributed by atoms with Crippen molar-refractivity contribution < 1.29 is 8.78 Å². The average molecular weight is 370 g/mol. The van der Waals surface area contributed by atoms with E-state index in [0.29, 0.717) is 4.47 Å². The van der Waals surface area contributed by atoms with Gasteiger partial charge in [0, 0.05) is 4.47 Å². The zero-order valence-electron chi connectivity index (χ0n) is 9.43. The van der Waals surface area contributed by atoms with E-state index in [1.165, 1.54) is 18.2 Å². The number of hydrogen-bond donors (Lipinski definition) is 2. The Balaban J connectivity index is 0.000000191. The molecule has 2 nitrogen and oxygen atoms in total. The van der Waals surface area contributed by atoms with E-state index in [2.05, 4.69) is 15.9 Å². The summed E-state index contributed by atoms with van der Waals surface area (Å²) in [6, 6.07) is 7.12. The maximum atomic E-state index is 12.6. The Hall–Kier alpha value is -1.04. The van der Waals surface area contributed by atoms with E-state index in [-0.39, 0.29) is 21.4 Å². The van der Waals surface area contributed by atoms with Crippen LogP contribution in [0.4, 0.5) is 20.2 Å². The Labute approximate surface area is 127 Å². The first-order valence-electron chi connectivity index (χ1n) is 4.92. The van der Waals surface area contributed by atoms with Crippen molar-refractivity contribution in [1.82, 2.24) is 0 Å². The summed E-state index contributed by atoms with van der Waals surface area (Å²) in [7, 11) is 0. The highest BCUT2D eigenvalue weighted by molar-refractivity contribution is 9.10. The minimum Gasteiger partial charge on any atom is -0.395 e. The summed E-state index contributed by atoms with van der Waals surface area (Å²) in [6.45, 7) is 0. The number of halogens is 5. The summed E-state index contributed by atoms with van der Waals surface area (Å²) >= 11 is 14.0. The van der Waals surface area contributed by atoms with Gasteiger partial charge in [0.2, 0.25) is 0 Å². The third-order valence-electron chi connectivity index (χ3n) is 2.04. The highest BCUT2D eigenvalue weighted by Gasteiger charge is 2.03. The fourth-order valence-electron chi connectivity index (χ4n) is 1.06. The Morgan fingerprint density at radius 2 is 1.47 bits per heavy atom. The van der Waals surface area contributed by atoms with Gasteiger partial charge in [-0.15, -0.1) is 0 Å². The van der Waals surface area contributed by atoms with Crippen molar-refractivity contribution in [2.75, 3.05) is 11.5 Å². The largest absolute Gasteiger partial charge is 0.395 e. The van der Waals surface area contributed by atoms with Crippen molar-refractivity contribution in [3.63, 3.8) is 0 Å². The van der Waals surface area contributed by atoms with E-state index in [4.69, 9.17) is 34.7 Å². The second-order valence-electron chi connectivity index (χ2n) is 3.42. The fourth-order valence-corrected chi connectivity index (χ4v) is 2.00. The van der Waals surface area contributed by atoms with Gasteiger partial charge in [-0.2, -0.15) is 0 Å². The Bertz CT molecular complexity index is 551. The molecule has 0 bridgehead atoms. The Kier molecular flexibility index (Phi) is 5.85. The van der Waals surface area contributed by atoms with Gasteiger partial charge < -0.3 is 11.5 Å². The van der Waals surface area contributed by atoms with Crippen molar-refractivity contribution in [1.29, 1.82) is 0 Å². The van der Waals surface area contributed by atoms with Crippen LogP contribution in [0.5, 0.6) is 0 Å². The van der Waals surface area contributed by atoms with E-state index in [0.717, 1.165) is 0 Å². The normalized spacial score (nSPS) is 9.74. The topological polar surface area (TPSA) is 52.0 Å². The van der Waals surface area contributed by atoms with E-state index in [1.54, 1.807) is 12.1 Å². The predicted octanol–water partition coefficient (Wildman–Crippen LogP) is 4.89. The third-order valence-corrected chi connectivity index (χ3v) is 3.14. The van der Waals surface area contributed by atoms with E-state index >= 15 is 0 Å². The summed E-state index contributed by atoms with van der Waals surface area (Å²) in [5, 5.41) is 0.488. The monoisotopic (exact) mass is 368 g/mol. The highest BCUT2D eigenvalue weighted by atomic mass is 79.9. The molecule has 0 saturated carbocycles. The molecule has 0 aliphatic heterocycles. The lowest BCUT2D eigenvalue weighted by atomic mass is 10.3. The molecule has 7 heteroatoms. The summed E-state index contributed by atoms with van der Waals surface area (Å²) < 4.78 is 25.6. The second-order valence-corrected chi connectivity index (χ2v) is 5.15. The molecule has 0 aliphatic rings. The molecule has 102 valence electrons. The lowest BCUT2D eigenvalue weighted by molar-refractivity contribution is 0.631. The summed E-state index contributed by atoms with van der Waals surface area (Å²) in [5.74, 6) is -0.970. The summed E-state index contributed by atoms with van der Waals surface area (Å²) in [5.41, 5.74) is 10.4. The van der Waals surface area contributed by atoms with E-state index in [1.807, 2.05) is 0 Å². The summed E-state index contributed by atoms with van der Waals surface area (Å²) in [4.78, 5) is 0. The maximum absolute atomic E-state index is 12.6. The first-order valence-corrected chi connectivity index (χ1v) is 6.47. The SMILES string of the molecule is Nc1c(F)cc(Br)cc1Cl.Nc1c(F)cccc1Cl. The molecule has 2 aromatic carbocycles. The molecular weight excluding hydrogens is 361 g/mol. The average Bonchev–Trinajstić information content (AvgIpc) is 2.33. The highest BCUT2D eigenvalue weighted by Crippen LogP contribution is 2.26. The van der Waals surface area contributed by atoms with Crippen LogP contribution in [0.15, 0.2) is 34.8 Å². The molecule has 0 aromatic heterocycles. The smallest absolute Gasteiger partial charge is 0.148 e. The van der Waals surface area contributed by atoms with Crippen LogP contribution in [0.2, 0.25) is 10.0 Å². The van der Waals surface area contributed by atoms with Crippen LogP contribution in [0.1, 0.15) is 0 Å². The van der Waals surface area contributed by atoms with Gasteiger partial charge in [0.1, 0.15) is 11.6 Å². The maximum Gasteiger partial charge on any atom is 0.148 e. The van der Waals surface area contributed by atoms with Gasteiger partial charge in [-0.3, -0.25) is 0 Å². The van der Waals surface area contributed by atoms with Gasteiger partial charge in [-0.1, -0.05) is 45.2 Å². The molecule has 0 atom stereocenters. The predicted molar refractivity (Wildman–Crippen MR) is 79.3 cm³/mol. The third kappa shape index (κ3) is 4.53. The number of benzene rings is 2. The molecule has 0 saturated heterocycles.